The van der Waals surface area contributed by atoms with Gasteiger partial charge in [-0.2, -0.15) is 5.26 Å². The number of hydrogen-bond donors (Lipinski definition) is 2. The molecule has 2 aliphatic rings. The summed E-state index contributed by atoms with van der Waals surface area (Å²) in [7, 11) is 3.05. The molecule has 0 saturated heterocycles. The van der Waals surface area contributed by atoms with Crippen LogP contribution in [-0.4, -0.2) is 46.8 Å². The van der Waals surface area contributed by atoms with Crippen LogP contribution in [-0.2, 0) is 9.59 Å². The molecule has 1 aromatic heterocycles. The second-order valence-corrected chi connectivity index (χ2v) is 12.0. The number of rotatable bonds is 9. The number of thioether (sulfide) groups is 1. The Bertz CT molecular complexity index is 1780. The minimum absolute atomic E-state index is 0.0309. The Labute approximate surface area is 260 Å². The summed E-state index contributed by atoms with van der Waals surface area (Å²) < 4.78 is 11.4. The fourth-order valence-electron chi connectivity index (χ4n) is 5.23. The van der Waals surface area contributed by atoms with Gasteiger partial charge in [0.1, 0.15) is 17.3 Å². The molecule has 226 valence electrons. The van der Waals surface area contributed by atoms with Gasteiger partial charge < -0.3 is 20.5 Å². The third kappa shape index (κ3) is 5.81. The number of methoxy groups -OCH3 is 2. The number of nitriles is 1. The second-order valence-electron chi connectivity index (χ2n) is 9.87. The molecule has 0 fully saturated rings. The number of amides is 1. The smallest absolute Gasteiger partial charge is 0.274 e. The lowest BCUT2D eigenvalue weighted by molar-refractivity contribution is -0.385. The van der Waals surface area contributed by atoms with E-state index in [0.717, 1.165) is 11.8 Å². The van der Waals surface area contributed by atoms with E-state index in [9.17, 15) is 25.0 Å². The Balaban J connectivity index is 1.42. The van der Waals surface area contributed by atoms with Crippen LogP contribution in [0.1, 0.15) is 36.3 Å². The van der Waals surface area contributed by atoms with Crippen LogP contribution >= 0.6 is 23.1 Å². The molecular formula is C29H27N7O6S2. The third-order valence-electron chi connectivity index (χ3n) is 7.27. The van der Waals surface area contributed by atoms with Gasteiger partial charge in [0.15, 0.2) is 10.1 Å². The molecule has 3 N–H and O–H groups in total. The predicted molar refractivity (Wildman–Crippen MR) is 165 cm³/mol. The molecule has 2 aromatic carbocycles. The lowest BCUT2D eigenvalue weighted by Gasteiger charge is -2.38. The maximum atomic E-state index is 13.4. The zero-order valence-corrected chi connectivity index (χ0v) is 25.6. The average Bonchev–Trinajstić information content (AvgIpc) is 3.48. The maximum absolute atomic E-state index is 13.4. The van der Waals surface area contributed by atoms with Gasteiger partial charge >= 0.3 is 0 Å². The molecule has 0 spiro atoms. The summed E-state index contributed by atoms with van der Waals surface area (Å²) in [5, 5.41) is 33.0. The van der Waals surface area contributed by atoms with Crippen molar-refractivity contribution < 1.29 is 24.0 Å². The normalized spacial score (nSPS) is 16.4. The van der Waals surface area contributed by atoms with Crippen LogP contribution < -0.4 is 25.4 Å². The van der Waals surface area contributed by atoms with Crippen molar-refractivity contribution in [1.82, 2.24) is 10.2 Å². The molecular weight excluding hydrogens is 606 g/mol. The highest BCUT2D eigenvalue weighted by Gasteiger charge is 2.42. The fourth-order valence-corrected chi connectivity index (χ4v) is 6.91. The predicted octanol–water partition coefficient (Wildman–Crippen LogP) is 4.81. The monoisotopic (exact) mass is 633 g/mol. The van der Waals surface area contributed by atoms with Crippen LogP contribution in [0.15, 0.2) is 63.4 Å². The van der Waals surface area contributed by atoms with Gasteiger partial charge in [0, 0.05) is 46.6 Å². The van der Waals surface area contributed by atoms with E-state index < -0.39 is 10.8 Å². The van der Waals surface area contributed by atoms with Gasteiger partial charge in [0.05, 0.1) is 42.5 Å². The highest BCUT2D eigenvalue weighted by Crippen LogP contribution is 2.49. The van der Waals surface area contributed by atoms with Crippen molar-refractivity contribution in [3.63, 3.8) is 0 Å². The lowest BCUT2D eigenvalue weighted by Crippen LogP contribution is -2.38. The quantitative estimate of drug-likeness (QED) is 0.186. The first-order valence-electron chi connectivity index (χ1n) is 13.4. The van der Waals surface area contributed by atoms with E-state index in [1.165, 1.54) is 31.6 Å². The summed E-state index contributed by atoms with van der Waals surface area (Å²) in [4.78, 5) is 38.4. The number of benzene rings is 2. The van der Waals surface area contributed by atoms with Crippen molar-refractivity contribution in [2.24, 2.45) is 5.73 Å². The largest absolute Gasteiger partial charge is 0.497 e. The number of ketones is 1. The van der Waals surface area contributed by atoms with Crippen LogP contribution in [0.2, 0.25) is 0 Å². The zero-order chi connectivity index (χ0) is 31.5. The molecule has 5 rings (SSSR count). The van der Waals surface area contributed by atoms with Crippen LogP contribution in [0.3, 0.4) is 0 Å². The number of nitro groups is 1. The fraction of sp³-hybridized carbons (Fsp3) is 0.276. The molecule has 2 heterocycles. The van der Waals surface area contributed by atoms with Crippen molar-refractivity contribution in [2.75, 3.05) is 30.2 Å². The summed E-state index contributed by atoms with van der Waals surface area (Å²) >= 11 is 2.29. The topological polar surface area (TPSA) is 187 Å². The summed E-state index contributed by atoms with van der Waals surface area (Å²) in [5.74, 6) is -0.0772. The number of carbonyl (C=O) groups excluding carboxylic acids is 2. The molecule has 44 heavy (non-hydrogen) atoms. The number of nitrogens with zero attached hydrogens (tertiary/aromatic N) is 5. The van der Waals surface area contributed by atoms with Crippen LogP contribution in [0.4, 0.5) is 16.5 Å². The minimum Gasteiger partial charge on any atom is -0.497 e. The third-order valence-corrected chi connectivity index (χ3v) is 9.31. The van der Waals surface area contributed by atoms with E-state index in [-0.39, 0.29) is 34.5 Å². The number of nitro benzene ring substituents is 1. The SMILES string of the molecule is COc1ccc(C2C(C#N)=C(N)N(c3nnc(SCC(=O)Nc4ccc(C)c([N+](=O)[O-])c4)s3)C3=C2C(=O)CCC3)c(OC)c1. The van der Waals surface area contributed by atoms with Gasteiger partial charge in [0.25, 0.3) is 5.69 Å². The van der Waals surface area contributed by atoms with E-state index in [1.807, 2.05) is 0 Å². The summed E-state index contributed by atoms with van der Waals surface area (Å²) in [6.45, 7) is 1.62. The van der Waals surface area contributed by atoms with E-state index in [1.54, 1.807) is 42.2 Å². The zero-order valence-electron chi connectivity index (χ0n) is 23.9. The first-order chi connectivity index (χ1) is 21.2. The maximum Gasteiger partial charge on any atom is 0.274 e. The highest BCUT2D eigenvalue weighted by molar-refractivity contribution is 8.01. The molecule has 1 amide bonds. The minimum atomic E-state index is -0.733. The van der Waals surface area contributed by atoms with Gasteiger partial charge in [0.2, 0.25) is 11.0 Å². The number of Topliss-reactive ketones (excluding diaryl/α,β-unsaturated/α-hetero) is 1. The Kier molecular flexibility index (Phi) is 8.83. The molecule has 3 aromatic rings. The standard InChI is InChI=1S/C29H27N7O6S2/c1-15-7-8-16(11-21(15)36(39)40)32-24(38)14-43-29-34-33-28(44-29)35-20-5-4-6-22(37)26(20)25(19(13-30)27(35)31)18-10-9-17(41-2)12-23(18)42-3/h7-12,25H,4-6,14,31H2,1-3H3,(H,32,38). The molecule has 15 heteroatoms. The van der Waals surface area contributed by atoms with Crippen molar-refractivity contribution >= 4 is 51.3 Å². The number of nitrogens with two attached hydrogens (primary N) is 1. The molecule has 0 saturated carbocycles. The molecule has 0 bridgehead atoms. The summed E-state index contributed by atoms with van der Waals surface area (Å²) in [5.41, 5.74) is 9.26. The Morgan fingerprint density at radius 1 is 1.25 bits per heavy atom. The van der Waals surface area contributed by atoms with E-state index >= 15 is 0 Å². The molecule has 1 atom stereocenters. The number of aryl methyl sites for hydroxylation is 1. The molecule has 1 unspecified atom stereocenters. The Morgan fingerprint density at radius 2 is 2.05 bits per heavy atom. The van der Waals surface area contributed by atoms with Gasteiger partial charge in [-0.1, -0.05) is 35.2 Å². The van der Waals surface area contributed by atoms with Crippen molar-refractivity contribution in [1.29, 1.82) is 5.26 Å². The van der Waals surface area contributed by atoms with Crippen LogP contribution in [0, 0.1) is 28.4 Å². The number of hydrogen-bond acceptors (Lipinski definition) is 13. The number of carbonyl (C=O) groups is 2. The highest BCUT2D eigenvalue weighted by atomic mass is 32.2. The van der Waals surface area contributed by atoms with Crippen LogP contribution in [0.5, 0.6) is 11.5 Å². The van der Waals surface area contributed by atoms with Gasteiger partial charge in [-0.15, -0.1) is 10.2 Å². The first-order valence-corrected chi connectivity index (χ1v) is 15.2. The van der Waals surface area contributed by atoms with Crippen LogP contribution in [0.25, 0.3) is 0 Å². The molecule has 1 aliphatic carbocycles. The van der Waals surface area contributed by atoms with E-state index in [2.05, 4.69) is 21.6 Å². The Hall–Kier alpha value is -4.94. The summed E-state index contributed by atoms with van der Waals surface area (Å²) in [6, 6.07) is 11.9. The number of aromatic nitrogens is 2. The van der Waals surface area contributed by atoms with Crippen molar-refractivity contribution in [3.05, 3.63) is 80.3 Å². The first kappa shape index (κ1) is 30.5. The second kappa shape index (κ2) is 12.7. The van der Waals surface area contributed by atoms with Crippen molar-refractivity contribution in [3.8, 4) is 17.6 Å². The van der Waals surface area contributed by atoms with Crippen molar-refractivity contribution in [2.45, 2.75) is 36.4 Å². The lowest BCUT2D eigenvalue weighted by atomic mass is 9.75. The molecule has 0 radical (unpaired) electrons. The van der Waals surface area contributed by atoms with Gasteiger partial charge in [-0.3, -0.25) is 24.6 Å². The number of nitrogens with one attached hydrogen (secondary N) is 1. The van der Waals surface area contributed by atoms with Gasteiger partial charge in [-0.05, 0) is 31.9 Å². The number of ether oxygens (including phenoxy) is 2. The average molecular weight is 634 g/mol. The summed E-state index contributed by atoms with van der Waals surface area (Å²) in [6.07, 6.45) is 1.47. The van der Waals surface area contributed by atoms with Gasteiger partial charge in [-0.25, -0.2) is 0 Å². The van der Waals surface area contributed by atoms with E-state index in [0.29, 0.717) is 68.3 Å². The number of allylic oxidation sites excluding steroid dienone is 3. The Morgan fingerprint density at radius 3 is 2.75 bits per heavy atom. The van der Waals surface area contributed by atoms with E-state index in [4.69, 9.17) is 15.2 Å². The number of anilines is 2. The molecule has 1 aliphatic heterocycles. The molecule has 13 nitrogen and oxygen atoms in total.